The maximum absolute atomic E-state index is 14.1. The molecule has 0 aliphatic carbocycles. The van der Waals surface area contributed by atoms with Gasteiger partial charge >= 0.3 is 19.1 Å². The highest BCUT2D eigenvalue weighted by Crippen LogP contribution is 2.42. The first kappa shape index (κ1) is 18.0. The van der Waals surface area contributed by atoms with Crippen molar-refractivity contribution in [3.8, 4) is 5.75 Å². The van der Waals surface area contributed by atoms with Gasteiger partial charge in [-0.1, -0.05) is 30.3 Å². The Balaban J connectivity index is 2.07. The largest absolute Gasteiger partial charge is 0.488 e. The molecule has 0 bridgehead atoms. The van der Waals surface area contributed by atoms with Crippen LogP contribution in [0.25, 0.3) is 0 Å². The van der Waals surface area contributed by atoms with Crippen LogP contribution in [0.2, 0.25) is 0 Å². The van der Waals surface area contributed by atoms with Crippen LogP contribution in [0.1, 0.15) is 22.8 Å². The Morgan fingerprint density at radius 3 is 2.58 bits per heavy atom. The van der Waals surface area contributed by atoms with E-state index in [1.807, 2.05) is 0 Å². The van der Waals surface area contributed by atoms with Gasteiger partial charge in [0, 0.05) is 0 Å². The summed E-state index contributed by atoms with van der Waals surface area (Å²) >= 11 is 0. The average molecular weight is 361 g/mol. The highest BCUT2D eigenvalue weighted by molar-refractivity contribution is 6.58. The van der Waals surface area contributed by atoms with Crippen molar-refractivity contribution in [1.29, 1.82) is 0 Å². The second kappa shape index (κ2) is 6.51. The lowest BCUT2D eigenvalue weighted by Gasteiger charge is -2.34. The smallest absolute Gasteiger partial charge is 0.423 e. The molecule has 0 saturated carbocycles. The van der Waals surface area contributed by atoms with E-state index in [4.69, 9.17) is 0 Å². The fourth-order valence-electron chi connectivity index (χ4n) is 2.75. The first-order valence-corrected chi connectivity index (χ1v) is 7.68. The zero-order valence-corrected chi connectivity index (χ0v) is 13.6. The predicted octanol–water partition coefficient (Wildman–Crippen LogP) is 1.09. The minimum Gasteiger partial charge on any atom is -0.423 e. The van der Waals surface area contributed by atoms with Gasteiger partial charge in [0.1, 0.15) is 0 Å². The third kappa shape index (κ3) is 3.18. The molecule has 0 atom stereocenters. The number of hydrogen-bond donors (Lipinski definition) is 2. The van der Waals surface area contributed by atoms with Crippen molar-refractivity contribution >= 4 is 30.0 Å². The van der Waals surface area contributed by atoms with Gasteiger partial charge in [0.2, 0.25) is 0 Å². The molecule has 2 aromatic rings. The lowest BCUT2D eigenvalue weighted by atomic mass is 9.79. The van der Waals surface area contributed by atoms with Gasteiger partial charge in [-0.15, -0.1) is 0 Å². The number of fused-ring (bicyclic) bond motifs is 1. The van der Waals surface area contributed by atoms with Crippen LogP contribution >= 0.6 is 0 Å². The molecule has 0 aromatic heterocycles. The van der Waals surface area contributed by atoms with E-state index >= 15 is 0 Å². The summed E-state index contributed by atoms with van der Waals surface area (Å²) in [4.78, 5) is 24.7. The fraction of sp³-hybridized carbons (Fsp3) is 0.176. The topological polar surface area (TPSA) is 87.1 Å². The molecule has 1 aliphatic heterocycles. The van der Waals surface area contributed by atoms with E-state index in [0.717, 1.165) is 4.90 Å². The number of nitrogens with zero attached hydrogens (tertiary/aromatic N) is 1. The number of alkyl halides is 2. The minimum absolute atomic E-state index is 0.0450. The quantitative estimate of drug-likeness (QED) is 0.629. The number of para-hydroxylation sites is 1. The maximum Gasteiger partial charge on any atom is 0.488 e. The van der Waals surface area contributed by atoms with Gasteiger partial charge < -0.3 is 14.8 Å². The Hall–Kier alpha value is -2.78. The SMILES string of the molecule is CC(=O)c1cccc2c1OC(F)(F)C(=O)N2Cc1cccc(B(O)O)c1. The molecule has 0 saturated heterocycles. The number of Topliss-reactive ketones (excluding diaryl/α,β-unsaturated/α-hetero) is 1. The van der Waals surface area contributed by atoms with Gasteiger partial charge in [0.25, 0.3) is 0 Å². The Kier molecular flexibility index (Phi) is 4.51. The summed E-state index contributed by atoms with van der Waals surface area (Å²) in [6.07, 6.45) is -4.12. The standard InChI is InChI=1S/C17H14BF2NO5/c1-10(22)13-6-3-7-14-15(13)26-17(19,20)16(23)21(14)9-11-4-2-5-12(8-11)18(24)25/h2-8,24-25H,9H2,1H3. The van der Waals surface area contributed by atoms with E-state index in [0.29, 0.717) is 5.56 Å². The monoisotopic (exact) mass is 361 g/mol. The molecule has 6 nitrogen and oxygen atoms in total. The Labute approximate surface area is 147 Å². The van der Waals surface area contributed by atoms with E-state index in [1.54, 1.807) is 6.07 Å². The van der Waals surface area contributed by atoms with E-state index < -0.39 is 24.9 Å². The summed E-state index contributed by atoms with van der Waals surface area (Å²) in [5.74, 6) is -2.40. The van der Waals surface area contributed by atoms with E-state index in [2.05, 4.69) is 4.74 Å². The average Bonchev–Trinajstić information content (AvgIpc) is 2.58. The number of benzene rings is 2. The lowest BCUT2D eigenvalue weighted by Crippen LogP contribution is -2.50. The molecule has 2 N–H and O–H groups in total. The molecule has 1 aliphatic rings. The Morgan fingerprint density at radius 2 is 1.92 bits per heavy atom. The zero-order chi connectivity index (χ0) is 19.1. The number of carbonyl (C=O) groups is 2. The summed E-state index contributed by atoms with van der Waals surface area (Å²) < 4.78 is 32.7. The van der Waals surface area contributed by atoms with Gasteiger partial charge in [-0.3, -0.25) is 14.5 Å². The van der Waals surface area contributed by atoms with E-state index in [9.17, 15) is 28.4 Å². The summed E-state index contributed by atoms with van der Waals surface area (Å²) in [6.45, 7) is 0.955. The fourth-order valence-corrected chi connectivity index (χ4v) is 2.75. The molecule has 0 spiro atoms. The molecule has 0 fully saturated rings. The van der Waals surface area contributed by atoms with Gasteiger partial charge in [-0.05, 0) is 30.1 Å². The second-order valence-corrected chi connectivity index (χ2v) is 5.84. The zero-order valence-electron chi connectivity index (χ0n) is 13.6. The van der Waals surface area contributed by atoms with Crippen molar-refractivity contribution in [2.24, 2.45) is 0 Å². The van der Waals surface area contributed by atoms with Crippen LogP contribution < -0.4 is 15.1 Å². The number of ether oxygens (including phenoxy) is 1. The van der Waals surface area contributed by atoms with Crippen molar-refractivity contribution in [2.75, 3.05) is 4.90 Å². The van der Waals surface area contributed by atoms with Gasteiger partial charge in [0.05, 0.1) is 17.8 Å². The molecule has 1 amide bonds. The number of carbonyl (C=O) groups excluding carboxylic acids is 2. The number of amides is 1. The van der Waals surface area contributed by atoms with Gasteiger partial charge in [-0.2, -0.15) is 8.78 Å². The molecule has 1 heterocycles. The molecule has 0 unspecified atom stereocenters. The minimum atomic E-state index is -4.12. The van der Waals surface area contributed by atoms with E-state index in [-0.39, 0.29) is 29.0 Å². The molecule has 2 aromatic carbocycles. The molecule has 0 radical (unpaired) electrons. The summed E-state index contributed by atoms with van der Waals surface area (Å²) in [6, 6.07) is 10.1. The first-order chi connectivity index (χ1) is 12.2. The maximum atomic E-state index is 14.1. The molecular weight excluding hydrogens is 347 g/mol. The number of anilines is 1. The number of rotatable bonds is 4. The molecule has 26 heavy (non-hydrogen) atoms. The van der Waals surface area contributed by atoms with Crippen LogP contribution in [-0.2, 0) is 11.3 Å². The third-order valence-electron chi connectivity index (χ3n) is 3.98. The predicted molar refractivity (Wildman–Crippen MR) is 89.5 cm³/mol. The van der Waals surface area contributed by atoms with Crippen molar-refractivity contribution in [3.05, 3.63) is 53.6 Å². The first-order valence-electron chi connectivity index (χ1n) is 7.68. The van der Waals surface area contributed by atoms with Crippen LogP contribution in [-0.4, -0.2) is 35.0 Å². The molecule has 134 valence electrons. The van der Waals surface area contributed by atoms with Crippen molar-refractivity contribution in [3.63, 3.8) is 0 Å². The van der Waals surface area contributed by atoms with Crippen molar-refractivity contribution < 1.29 is 33.2 Å². The number of halogens is 2. The van der Waals surface area contributed by atoms with Crippen LogP contribution in [0, 0.1) is 0 Å². The lowest BCUT2D eigenvalue weighted by molar-refractivity contribution is -0.193. The highest BCUT2D eigenvalue weighted by Gasteiger charge is 2.51. The summed E-state index contributed by atoms with van der Waals surface area (Å²) in [5, 5.41) is 18.5. The van der Waals surface area contributed by atoms with E-state index in [1.165, 1.54) is 43.3 Å². The normalized spacial score (nSPS) is 15.3. The Bertz CT molecular complexity index is 887. The third-order valence-corrected chi connectivity index (χ3v) is 3.98. The highest BCUT2D eigenvalue weighted by atomic mass is 19.3. The number of ketones is 1. The van der Waals surface area contributed by atoms with Crippen molar-refractivity contribution in [2.45, 2.75) is 19.6 Å². The number of hydrogen-bond acceptors (Lipinski definition) is 5. The summed E-state index contributed by atoms with van der Waals surface area (Å²) in [7, 11) is -1.73. The van der Waals surface area contributed by atoms with Crippen LogP contribution in [0.3, 0.4) is 0 Å². The summed E-state index contributed by atoms with van der Waals surface area (Å²) in [5.41, 5.74) is 0.552. The van der Waals surface area contributed by atoms with Crippen molar-refractivity contribution in [1.82, 2.24) is 0 Å². The van der Waals surface area contributed by atoms with Crippen LogP contribution in [0.5, 0.6) is 5.75 Å². The van der Waals surface area contributed by atoms with Crippen LogP contribution in [0.15, 0.2) is 42.5 Å². The Morgan fingerprint density at radius 1 is 1.23 bits per heavy atom. The second-order valence-electron chi connectivity index (χ2n) is 5.84. The molecule has 3 rings (SSSR count). The molecule has 9 heteroatoms. The molecular formula is C17H14BF2NO5. The van der Waals surface area contributed by atoms with Gasteiger partial charge in [-0.25, -0.2) is 0 Å². The van der Waals surface area contributed by atoms with Gasteiger partial charge in [0.15, 0.2) is 11.5 Å². The van der Waals surface area contributed by atoms with Crippen LogP contribution in [0.4, 0.5) is 14.5 Å².